The molecule has 4 rings (SSSR count). The van der Waals surface area contributed by atoms with E-state index >= 15 is 0 Å². The molecule has 7 heteroatoms. The number of aromatic amines is 1. The van der Waals surface area contributed by atoms with Crippen molar-refractivity contribution in [3.8, 4) is 17.1 Å². The number of hydrogen-bond acceptors (Lipinski definition) is 5. The number of nitrogens with zero attached hydrogens (tertiary/aromatic N) is 2. The molecule has 2 aromatic carbocycles. The Balaban J connectivity index is 1.69. The van der Waals surface area contributed by atoms with Crippen LogP contribution in [0.1, 0.15) is 5.56 Å². The quantitative estimate of drug-likeness (QED) is 0.767. The van der Waals surface area contributed by atoms with Gasteiger partial charge in [-0.25, -0.2) is 10.4 Å². The summed E-state index contributed by atoms with van der Waals surface area (Å²) in [6.45, 7) is 0. The topological polar surface area (TPSA) is 79.4 Å². The number of carbonyl (C=O) groups excluding carboxylic acids is 1. The van der Waals surface area contributed by atoms with Gasteiger partial charge < -0.3 is 9.72 Å². The van der Waals surface area contributed by atoms with Gasteiger partial charge in [-0.3, -0.25) is 4.79 Å². The number of aromatic nitrogens is 2. The lowest BCUT2D eigenvalue weighted by atomic mass is 10.1. The molecule has 0 spiro atoms. The third-order valence-electron chi connectivity index (χ3n) is 3.80. The summed E-state index contributed by atoms with van der Waals surface area (Å²) >= 11 is 1.21. The summed E-state index contributed by atoms with van der Waals surface area (Å²) in [4.78, 5) is 19.2. The Morgan fingerprint density at radius 1 is 1.12 bits per heavy atom. The van der Waals surface area contributed by atoms with E-state index in [9.17, 15) is 4.79 Å². The normalized spacial score (nSPS) is 14.4. The van der Waals surface area contributed by atoms with E-state index in [-0.39, 0.29) is 5.24 Å². The first-order chi connectivity index (χ1) is 11.7. The lowest BCUT2D eigenvalue weighted by molar-refractivity contribution is 0.261. The van der Waals surface area contributed by atoms with Crippen LogP contribution in [0.4, 0.5) is 4.79 Å². The lowest BCUT2D eigenvalue weighted by Crippen LogP contribution is -2.23. The van der Waals surface area contributed by atoms with Gasteiger partial charge in [0.25, 0.3) is 5.24 Å². The van der Waals surface area contributed by atoms with Crippen molar-refractivity contribution in [2.24, 2.45) is 5.10 Å². The summed E-state index contributed by atoms with van der Waals surface area (Å²) in [6.07, 6.45) is 0. The molecule has 0 aliphatic carbocycles. The van der Waals surface area contributed by atoms with Crippen molar-refractivity contribution in [2.75, 3.05) is 12.9 Å². The van der Waals surface area contributed by atoms with E-state index in [2.05, 4.69) is 20.5 Å². The highest BCUT2D eigenvalue weighted by molar-refractivity contribution is 8.14. The molecule has 1 aliphatic rings. The van der Waals surface area contributed by atoms with E-state index in [1.807, 2.05) is 42.5 Å². The number of carbonyl (C=O) groups is 1. The minimum atomic E-state index is -0.124. The molecule has 24 heavy (non-hydrogen) atoms. The molecule has 0 saturated heterocycles. The fraction of sp³-hybridized carbons (Fsp3) is 0.118. The van der Waals surface area contributed by atoms with Crippen molar-refractivity contribution in [3.63, 3.8) is 0 Å². The highest BCUT2D eigenvalue weighted by Gasteiger charge is 2.15. The average molecular weight is 338 g/mol. The number of hydrogen-bond donors (Lipinski definition) is 2. The molecule has 6 nitrogen and oxygen atoms in total. The van der Waals surface area contributed by atoms with Crippen LogP contribution in [0.25, 0.3) is 22.4 Å². The second-order valence-electron chi connectivity index (χ2n) is 5.29. The number of nitrogens with one attached hydrogen (secondary N) is 2. The molecule has 0 radical (unpaired) electrons. The zero-order valence-electron chi connectivity index (χ0n) is 12.9. The summed E-state index contributed by atoms with van der Waals surface area (Å²) in [7, 11) is 1.65. The predicted octanol–water partition coefficient (Wildman–Crippen LogP) is 3.40. The van der Waals surface area contributed by atoms with Gasteiger partial charge in [-0.05, 0) is 36.4 Å². The first-order valence-corrected chi connectivity index (χ1v) is 8.35. The molecule has 0 atom stereocenters. The van der Waals surface area contributed by atoms with Crippen molar-refractivity contribution < 1.29 is 9.53 Å². The van der Waals surface area contributed by atoms with Crippen LogP contribution in [0, 0.1) is 0 Å². The van der Waals surface area contributed by atoms with Gasteiger partial charge in [0, 0.05) is 16.9 Å². The highest BCUT2D eigenvalue weighted by atomic mass is 32.2. The number of ether oxygens (including phenoxy) is 1. The Morgan fingerprint density at radius 2 is 1.92 bits per heavy atom. The first-order valence-electron chi connectivity index (χ1n) is 7.37. The van der Waals surface area contributed by atoms with Crippen LogP contribution < -0.4 is 10.2 Å². The largest absolute Gasteiger partial charge is 0.497 e. The standard InChI is InChI=1S/C17H14N4O2S/c1-23-12-5-2-10(3-6-12)16-18-13-7-4-11(8-14(13)19-16)15-9-24-17(22)21-20-15/h2-8H,9H2,1H3,(H,18,19)(H,21,22). The third-order valence-corrected chi connectivity index (χ3v) is 4.57. The number of amides is 1. The van der Waals surface area contributed by atoms with E-state index in [4.69, 9.17) is 4.74 Å². The Morgan fingerprint density at radius 3 is 2.62 bits per heavy atom. The number of hydrazone groups is 1. The molecule has 2 heterocycles. The predicted molar refractivity (Wildman–Crippen MR) is 95.6 cm³/mol. The van der Waals surface area contributed by atoms with Gasteiger partial charge in [0.15, 0.2) is 0 Å². The molecular formula is C17H14N4O2S. The lowest BCUT2D eigenvalue weighted by Gasteiger charge is -2.11. The molecule has 1 amide bonds. The van der Waals surface area contributed by atoms with Crippen molar-refractivity contribution in [1.82, 2.24) is 15.4 Å². The van der Waals surface area contributed by atoms with Crippen LogP contribution in [0.3, 0.4) is 0 Å². The monoisotopic (exact) mass is 338 g/mol. The van der Waals surface area contributed by atoms with Gasteiger partial charge in [0.2, 0.25) is 0 Å². The Kier molecular flexibility index (Phi) is 3.70. The minimum Gasteiger partial charge on any atom is -0.497 e. The molecule has 0 bridgehead atoms. The SMILES string of the molecule is COc1ccc(-c2nc3cc(C4=NNC(=O)SC4)ccc3[nH]2)cc1. The number of thioether (sulfide) groups is 1. The van der Waals surface area contributed by atoms with Crippen LogP contribution in [0.5, 0.6) is 5.75 Å². The summed E-state index contributed by atoms with van der Waals surface area (Å²) in [5.74, 6) is 2.18. The second-order valence-corrected chi connectivity index (χ2v) is 6.24. The van der Waals surface area contributed by atoms with Crippen molar-refractivity contribution in [1.29, 1.82) is 0 Å². The fourth-order valence-electron chi connectivity index (χ4n) is 2.53. The Hall–Kier alpha value is -2.80. The van der Waals surface area contributed by atoms with E-state index in [1.165, 1.54) is 11.8 Å². The second kappa shape index (κ2) is 6.01. The highest BCUT2D eigenvalue weighted by Crippen LogP contribution is 2.24. The molecule has 120 valence electrons. The van der Waals surface area contributed by atoms with Crippen molar-refractivity contribution >= 4 is 33.7 Å². The van der Waals surface area contributed by atoms with Crippen LogP contribution in [0.2, 0.25) is 0 Å². The van der Waals surface area contributed by atoms with Crippen molar-refractivity contribution in [3.05, 3.63) is 48.0 Å². The maximum atomic E-state index is 11.2. The summed E-state index contributed by atoms with van der Waals surface area (Å²) in [5.41, 5.74) is 7.11. The maximum absolute atomic E-state index is 11.2. The number of benzene rings is 2. The number of fused-ring (bicyclic) bond motifs is 1. The van der Waals surface area contributed by atoms with Gasteiger partial charge in [-0.2, -0.15) is 5.10 Å². The summed E-state index contributed by atoms with van der Waals surface area (Å²) < 4.78 is 5.18. The van der Waals surface area contributed by atoms with Gasteiger partial charge in [-0.15, -0.1) is 0 Å². The zero-order chi connectivity index (χ0) is 16.5. The van der Waals surface area contributed by atoms with Gasteiger partial charge >= 0.3 is 0 Å². The minimum absolute atomic E-state index is 0.124. The molecule has 1 aromatic heterocycles. The third kappa shape index (κ3) is 2.74. The van der Waals surface area contributed by atoms with Crippen LogP contribution in [-0.4, -0.2) is 33.8 Å². The number of rotatable bonds is 3. The zero-order valence-corrected chi connectivity index (χ0v) is 13.7. The number of methoxy groups -OCH3 is 1. The average Bonchev–Trinajstić information content (AvgIpc) is 3.05. The van der Waals surface area contributed by atoms with Crippen LogP contribution in [-0.2, 0) is 0 Å². The molecule has 0 unspecified atom stereocenters. The summed E-state index contributed by atoms with van der Waals surface area (Å²) in [6, 6.07) is 13.7. The van der Waals surface area contributed by atoms with Gasteiger partial charge in [0.05, 0.1) is 23.9 Å². The van der Waals surface area contributed by atoms with E-state index in [0.29, 0.717) is 5.75 Å². The first kappa shape index (κ1) is 14.8. The van der Waals surface area contributed by atoms with E-state index in [0.717, 1.165) is 39.4 Å². The molecule has 2 N–H and O–H groups in total. The molecule has 3 aromatic rings. The molecular weight excluding hydrogens is 324 g/mol. The van der Waals surface area contributed by atoms with Crippen LogP contribution >= 0.6 is 11.8 Å². The fourth-order valence-corrected chi connectivity index (χ4v) is 3.14. The smallest absolute Gasteiger partial charge is 0.299 e. The molecule has 0 fully saturated rings. The number of imidazole rings is 1. The molecule has 1 aliphatic heterocycles. The van der Waals surface area contributed by atoms with Crippen LogP contribution in [0.15, 0.2) is 47.6 Å². The number of H-pyrrole nitrogens is 1. The van der Waals surface area contributed by atoms with Gasteiger partial charge in [0.1, 0.15) is 11.6 Å². The Labute approximate surface area is 142 Å². The van der Waals surface area contributed by atoms with Crippen molar-refractivity contribution in [2.45, 2.75) is 0 Å². The van der Waals surface area contributed by atoms with E-state index < -0.39 is 0 Å². The maximum Gasteiger partial charge on any atom is 0.299 e. The van der Waals surface area contributed by atoms with Gasteiger partial charge in [-0.1, -0.05) is 17.8 Å². The Bertz CT molecular complexity index is 947. The van der Waals surface area contributed by atoms with E-state index in [1.54, 1.807) is 7.11 Å². The molecule has 0 saturated carbocycles. The summed E-state index contributed by atoms with van der Waals surface area (Å²) in [5, 5.41) is 3.99.